The van der Waals surface area contributed by atoms with Gasteiger partial charge < -0.3 is 21.3 Å². The summed E-state index contributed by atoms with van der Waals surface area (Å²) in [6.07, 6.45) is -3.79. The topological polar surface area (TPSA) is 179 Å². The third-order valence-corrected chi connectivity index (χ3v) is 8.67. The van der Waals surface area contributed by atoms with E-state index in [2.05, 4.69) is 10.6 Å². The average molecular weight is 698 g/mol. The highest BCUT2D eigenvalue weighted by atomic mass is 32.2. The number of nitrogens with zero attached hydrogens (tertiary/aromatic N) is 2. The standard InChI is InChI=1S/C27H22F5N5O4.C3H6O3S/c1-26(2)23(39)37(18-9-10-20(29)19(12-18)27(30,31)32)25(41)36(26)13-15-3-6-16(28)11-21(15)35-24(40)34-17-7-4-14(5-8-17)22(33)38;4-7(5,6)3-1-2-3/h3-12H,13H2,1-2H3,(H2,33,38)(H2,34,35,40);3H,1-2H2,(H,4,5,6). The Balaban J connectivity index is 0.000000659. The van der Waals surface area contributed by atoms with Gasteiger partial charge >= 0.3 is 18.2 Å². The summed E-state index contributed by atoms with van der Waals surface area (Å²) >= 11 is 0. The normalized spacial score (nSPS) is 15.9. The van der Waals surface area contributed by atoms with Crippen molar-refractivity contribution in [2.24, 2.45) is 5.73 Å². The third kappa shape index (κ3) is 8.06. The van der Waals surface area contributed by atoms with E-state index < -0.39 is 73.8 Å². The van der Waals surface area contributed by atoms with E-state index in [1.165, 1.54) is 44.2 Å². The van der Waals surface area contributed by atoms with E-state index in [1.807, 2.05) is 0 Å². The molecule has 3 aromatic carbocycles. The molecule has 256 valence electrons. The molecule has 0 bridgehead atoms. The van der Waals surface area contributed by atoms with E-state index in [4.69, 9.17) is 10.3 Å². The van der Waals surface area contributed by atoms with E-state index in [9.17, 15) is 49.5 Å². The van der Waals surface area contributed by atoms with Crippen LogP contribution in [0.25, 0.3) is 0 Å². The Hall–Kier alpha value is -5.10. The smallest absolute Gasteiger partial charge is 0.366 e. The van der Waals surface area contributed by atoms with Crippen molar-refractivity contribution in [2.45, 2.75) is 50.2 Å². The Morgan fingerprint density at radius 1 is 0.979 bits per heavy atom. The first-order valence-electron chi connectivity index (χ1n) is 14.0. The van der Waals surface area contributed by atoms with Gasteiger partial charge in [0.05, 0.1) is 28.7 Å². The van der Waals surface area contributed by atoms with Gasteiger partial charge in [-0.05, 0) is 86.8 Å². The number of rotatable bonds is 7. The minimum absolute atomic E-state index is 0.0631. The van der Waals surface area contributed by atoms with Crippen LogP contribution in [0.1, 0.15) is 48.2 Å². The van der Waals surface area contributed by atoms with Crippen LogP contribution in [0.15, 0.2) is 60.7 Å². The van der Waals surface area contributed by atoms with E-state index in [0.29, 0.717) is 29.9 Å². The maximum Gasteiger partial charge on any atom is 0.419 e. The van der Waals surface area contributed by atoms with Crippen LogP contribution in [-0.2, 0) is 27.6 Å². The summed E-state index contributed by atoms with van der Waals surface area (Å²) in [5.41, 5.74) is 2.09. The Morgan fingerprint density at radius 3 is 2.12 bits per heavy atom. The molecule has 5 N–H and O–H groups in total. The van der Waals surface area contributed by atoms with Crippen molar-refractivity contribution in [1.82, 2.24) is 4.90 Å². The van der Waals surface area contributed by atoms with Crippen LogP contribution in [-0.4, -0.2) is 52.5 Å². The summed E-state index contributed by atoms with van der Waals surface area (Å²) in [7, 11) is -3.63. The summed E-state index contributed by atoms with van der Waals surface area (Å²) < 4.78 is 95.8. The van der Waals surface area contributed by atoms with Crippen LogP contribution in [0.4, 0.5) is 48.6 Å². The maximum atomic E-state index is 14.1. The molecule has 1 aliphatic carbocycles. The van der Waals surface area contributed by atoms with Crippen molar-refractivity contribution < 1.29 is 54.1 Å². The SMILES string of the molecule is CC1(C)C(=O)N(c2ccc(F)c(C(F)(F)F)c2)C(=O)N1Cc1ccc(F)cc1NC(=O)Nc1ccc(C(N)=O)cc1.O=S(=O)(O)C1CC1. The highest BCUT2D eigenvalue weighted by Gasteiger charge is 2.52. The molecular weight excluding hydrogens is 669 g/mol. The van der Waals surface area contributed by atoms with Crippen LogP contribution in [0.2, 0.25) is 0 Å². The number of nitrogens with two attached hydrogens (primary N) is 1. The minimum Gasteiger partial charge on any atom is -0.366 e. The molecule has 5 rings (SSSR count). The molecule has 1 heterocycles. The second-order valence-electron chi connectivity index (χ2n) is 11.3. The largest absolute Gasteiger partial charge is 0.419 e. The molecule has 1 aliphatic heterocycles. The monoisotopic (exact) mass is 697 g/mol. The number of carbonyl (C=O) groups excluding carboxylic acids is 4. The quantitative estimate of drug-likeness (QED) is 0.143. The molecule has 1 saturated heterocycles. The van der Waals surface area contributed by atoms with Crippen LogP contribution in [0, 0.1) is 11.6 Å². The highest BCUT2D eigenvalue weighted by Crippen LogP contribution is 2.38. The zero-order valence-corrected chi connectivity index (χ0v) is 26.0. The van der Waals surface area contributed by atoms with Crippen molar-refractivity contribution in [2.75, 3.05) is 15.5 Å². The summed E-state index contributed by atoms with van der Waals surface area (Å²) in [5, 5.41) is 4.52. The van der Waals surface area contributed by atoms with Crippen molar-refractivity contribution in [3.05, 3.63) is 89.0 Å². The van der Waals surface area contributed by atoms with Crippen molar-refractivity contribution in [3.8, 4) is 0 Å². The lowest BCUT2D eigenvalue weighted by Crippen LogP contribution is -2.43. The fourth-order valence-electron chi connectivity index (χ4n) is 4.54. The molecule has 0 radical (unpaired) electrons. The van der Waals surface area contributed by atoms with Gasteiger partial charge in [-0.2, -0.15) is 21.6 Å². The number of primary amides is 1. The average Bonchev–Trinajstić information content (AvgIpc) is 3.82. The second-order valence-corrected chi connectivity index (χ2v) is 13.0. The molecule has 6 amide bonds. The first kappa shape index (κ1) is 35.7. The number of imide groups is 1. The summed E-state index contributed by atoms with van der Waals surface area (Å²) in [5.74, 6) is -3.84. The zero-order valence-electron chi connectivity index (χ0n) is 25.1. The highest BCUT2D eigenvalue weighted by molar-refractivity contribution is 7.86. The molecule has 2 fully saturated rings. The van der Waals surface area contributed by atoms with Gasteiger partial charge in [-0.1, -0.05) is 6.07 Å². The molecular formula is C30H28F5N5O7S. The molecule has 0 spiro atoms. The van der Waals surface area contributed by atoms with Gasteiger partial charge in [-0.3, -0.25) is 14.1 Å². The molecule has 0 aromatic heterocycles. The minimum atomic E-state index is -5.07. The van der Waals surface area contributed by atoms with Gasteiger partial charge in [0.25, 0.3) is 16.0 Å². The van der Waals surface area contributed by atoms with Gasteiger partial charge in [-0.15, -0.1) is 0 Å². The summed E-state index contributed by atoms with van der Waals surface area (Å²) in [6.45, 7) is 2.37. The number of alkyl halides is 3. The molecule has 0 atom stereocenters. The number of urea groups is 2. The van der Waals surface area contributed by atoms with Gasteiger partial charge in [-0.25, -0.2) is 23.3 Å². The van der Waals surface area contributed by atoms with Crippen LogP contribution >= 0.6 is 0 Å². The number of halogens is 5. The lowest BCUT2D eigenvalue weighted by Gasteiger charge is -2.28. The van der Waals surface area contributed by atoms with Crippen molar-refractivity contribution in [3.63, 3.8) is 0 Å². The van der Waals surface area contributed by atoms with Gasteiger partial charge in [0.1, 0.15) is 17.2 Å². The lowest BCUT2D eigenvalue weighted by molar-refractivity contribution is -0.140. The molecule has 12 nitrogen and oxygen atoms in total. The Kier molecular flexibility index (Phi) is 9.82. The Morgan fingerprint density at radius 2 is 1.60 bits per heavy atom. The number of hydrogen-bond acceptors (Lipinski definition) is 6. The number of nitrogens with one attached hydrogen (secondary N) is 2. The van der Waals surface area contributed by atoms with Gasteiger partial charge in [0.15, 0.2) is 0 Å². The second kappa shape index (κ2) is 13.2. The first-order chi connectivity index (χ1) is 22.2. The van der Waals surface area contributed by atoms with E-state index in [1.54, 1.807) is 0 Å². The zero-order chi connectivity index (χ0) is 35.8. The number of carbonyl (C=O) groups is 4. The number of anilines is 3. The van der Waals surface area contributed by atoms with Gasteiger partial charge in [0.2, 0.25) is 5.91 Å². The number of hydrogen-bond donors (Lipinski definition) is 4. The van der Waals surface area contributed by atoms with Crippen LogP contribution < -0.4 is 21.3 Å². The Labute approximate surface area is 270 Å². The predicted molar refractivity (Wildman–Crippen MR) is 162 cm³/mol. The van der Waals surface area contributed by atoms with E-state index >= 15 is 0 Å². The third-order valence-electron chi connectivity index (χ3n) is 7.36. The fraction of sp³-hybridized carbons (Fsp3) is 0.267. The Bertz CT molecular complexity index is 1880. The molecule has 1 saturated carbocycles. The molecule has 0 unspecified atom stereocenters. The van der Waals surface area contributed by atoms with E-state index in [0.717, 1.165) is 23.1 Å². The summed E-state index contributed by atoms with van der Waals surface area (Å²) in [6, 6.07) is 8.85. The number of amides is 6. The van der Waals surface area contributed by atoms with Crippen molar-refractivity contribution in [1.29, 1.82) is 0 Å². The summed E-state index contributed by atoms with van der Waals surface area (Å²) in [4.78, 5) is 51.9. The lowest BCUT2D eigenvalue weighted by atomic mass is 10.0. The predicted octanol–water partition coefficient (Wildman–Crippen LogP) is 5.51. The van der Waals surface area contributed by atoms with Crippen molar-refractivity contribution >= 4 is 51.1 Å². The fourth-order valence-corrected chi connectivity index (χ4v) is 5.27. The maximum absolute atomic E-state index is 14.1. The molecule has 3 aromatic rings. The van der Waals surface area contributed by atoms with Crippen LogP contribution in [0.5, 0.6) is 0 Å². The van der Waals surface area contributed by atoms with Gasteiger partial charge in [0, 0.05) is 11.3 Å². The molecule has 2 aliphatic rings. The number of benzene rings is 3. The first-order valence-corrected chi connectivity index (χ1v) is 15.5. The van der Waals surface area contributed by atoms with E-state index in [-0.39, 0.29) is 29.0 Å². The molecule has 48 heavy (non-hydrogen) atoms. The molecule has 18 heteroatoms. The van der Waals surface area contributed by atoms with Crippen LogP contribution in [0.3, 0.4) is 0 Å².